The minimum Gasteiger partial charge on any atom is -0.444 e. The van der Waals surface area contributed by atoms with Crippen molar-refractivity contribution >= 4 is 23.5 Å². The van der Waals surface area contributed by atoms with Crippen molar-refractivity contribution in [3.8, 4) is 0 Å². The van der Waals surface area contributed by atoms with Crippen molar-refractivity contribution in [1.29, 1.82) is 0 Å². The van der Waals surface area contributed by atoms with Crippen LogP contribution in [0.1, 0.15) is 34.9 Å². The zero-order chi connectivity index (χ0) is 16.2. The van der Waals surface area contributed by atoms with Gasteiger partial charge in [-0.3, -0.25) is 4.79 Å². The number of carbonyl (C=O) groups excluding carboxylic acids is 2. The summed E-state index contributed by atoms with van der Waals surface area (Å²) in [4.78, 5) is 28.6. The van der Waals surface area contributed by atoms with E-state index in [1.165, 1.54) is 12.3 Å². The third-order valence-corrected chi connectivity index (χ3v) is 3.77. The van der Waals surface area contributed by atoms with E-state index in [-0.39, 0.29) is 22.7 Å². The summed E-state index contributed by atoms with van der Waals surface area (Å²) < 4.78 is 5.42. The SMILES string of the molecule is O=C(O[C@@H](C(=O)NC1CC1)c1ccccc1)c1cccnc1Cl. The molecule has 1 heterocycles. The van der Waals surface area contributed by atoms with Crippen LogP contribution in [0.4, 0.5) is 0 Å². The highest BCUT2D eigenvalue weighted by Crippen LogP contribution is 2.25. The first-order chi connectivity index (χ1) is 11.1. The maximum Gasteiger partial charge on any atom is 0.342 e. The number of halogens is 1. The summed E-state index contributed by atoms with van der Waals surface area (Å²) in [5.41, 5.74) is 0.744. The summed E-state index contributed by atoms with van der Waals surface area (Å²) in [6, 6.07) is 12.2. The molecule has 1 aliphatic rings. The van der Waals surface area contributed by atoms with Crippen molar-refractivity contribution < 1.29 is 14.3 Å². The maximum atomic E-state index is 12.4. The number of esters is 1. The number of nitrogens with zero attached hydrogens (tertiary/aromatic N) is 1. The molecule has 0 bridgehead atoms. The zero-order valence-electron chi connectivity index (χ0n) is 12.2. The van der Waals surface area contributed by atoms with Crippen LogP contribution in [0.5, 0.6) is 0 Å². The Bertz CT molecular complexity index is 717. The molecule has 0 spiro atoms. The number of hydrogen-bond donors (Lipinski definition) is 1. The molecular weight excluding hydrogens is 316 g/mol. The molecule has 2 aromatic rings. The minimum absolute atomic E-state index is 0.0481. The van der Waals surface area contributed by atoms with E-state index < -0.39 is 12.1 Å². The molecule has 0 radical (unpaired) electrons. The first-order valence-corrected chi connectivity index (χ1v) is 7.70. The number of pyridine rings is 1. The van der Waals surface area contributed by atoms with Crippen molar-refractivity contribution in [2.75, 3.05) is 0 Å². The fourth-order valence-corrected chi connectivity index (χ4v) is 2.31. The Morgan fingerprint density at radius 3 is 2.57 bits per heavy atom. The van der Waals surface area contributed by atoms with Crippen LogP contribution in [0.2, 0.25) is 5.15 Å². The molecule has 1 aromatic heterocycles. The molecule has 118 valence electrons. The van der Waals surface area contributed by atoms with E-state index in [1.807, 2.05) is 6.07 Å². The molecule has 1 N–H and O–H groups in total. The molecule has 1 amide bonds. The average molecular weight is 331 g/mol. The van der Waals surface area contributed by atoms with Gasteiger partial charge in [-0.2, -0.15) is 0 Å². The largest absolute Gasteiger partial charge is 0.444 e. The third kappa shape index (κ3) is 3.87. The zero-order valence-corrected chi connectivity index (χ0v) is 13.0. The Balaban J connectivity index is 1.82. The summed E-state index contributed by atoms with van der Waals surface area (Å²) in [6.45, 7) is 0. The lowest BCUT2D eigenvalue weighted by molar-refractivity contribution is -0.130. The number of nitrogens with one attached hydrogen (secondary N) is 1. The maximum absolute atomic E-state index is 12.4. The van der Waals surface area contributed by atoms with Gasteiger partial charge in [0, 0.05) is 17.8 Å². The highest BCUT2D eigenvalue weighted by molar-refractivity contribution is 6.32. The third-order valence-electron chi connectivity index (χ3n) is 3.47. The van der Waals surface area contributed by atoms with Gasteiger partial charge in [0.25, 0.3) is 5.91 Å². The number of rotatable bonds is 5. The smallest absolute Gasteiger partial charge is 0.342 e. The Labute approximate surface area is 138 Å². The Hall–Kier alpha value is -2.40. The lowest BCUT2D eigenvalue weighted by atomic mass is 10.1. The molecule has 1 aromatic carbocycles. The predicted octanol–water partition coefficient (Wildman–Crippen LogP) is 2.91. The number of carbonyl (C=O) groups is 2. The van der Waals surface area contributed by atoms with Crippen molar-refractivity contribution in [2.24, 2.45) is 0 Å². The summed E-state index contributed by atoms with van der Waals surface area (Å²) in [6.07, 6.45) is 2.37. The van der Waals surface area contributed by atoms with Crippen LogP contribution in [-0.2, 0) is 9.53 Å². The normalized spacial score (nSPS) is 14.8. The Morgan fingerprint density at radius 2 is 1.91 bits per heavy atom. The van der Waals surface area contributed by atoms with Gasteiger partial charge in [-0.05, 0) is 25.0 Å². The second-order valence-corrected chi connectivity index (χ2v) is 5.68. The van der Waals surface area contributed by atoms with E-state index in [0.717, 1.165) is 12.8 Å². The first kappa shape index (κ1) is 15.5. The second-order valence-electron chi connectivity index (χ2n) is 5.32. The van der Waals surface area contributed by atoms with E-state index in [0.29, 0.717) is 5.56 Å². The van der Waals surface area contributed by atoms with Gasteiger partial charge < -0.3 is 10.1 Å². The van der Waals surface area contributed by atoms with E-state index in [4.69, 9.17) is 16.3 Å². The van der Waals surface area contributed by atoms with Gasteiger partial charge in [0.1, 0.15) is 5.15 Å². The molecule has 0 unspecified atom stereocenters. The van der Waals surface area contributed by atoms with Crippen LogP contribution in [0.3, 0.4) is 0 Å². The van der Waals surface area contributed by atoms with Crippen LogP contribution >= 0.6 is 11.6 Å². The number of benzene rings is 1. The summed E-state index contributed by atoms with van der Waals surface area (Å²) in [5, 5.41) is 2.91. The average Bonchev–Trinajstić information content (AvgIpc) is 3.37. The van der Waals surface area contributed by atoms with E-state index in [9.17, 15) is 9.59 Å². The molecule has 3 rings (SSSR count). The van der Waals surface area contributed by atoms with Crippen LogP contribution in [0.15, 0.2) is 48.7 Å². The standard InChI is InChI=1S/C17H15ClN2O3/c18-15-13(7-4-10-19-15)17(22)23-14(11-5-2-1-3-6-11)16(21)20-12-8-9-12/h1-7,10,12,14H,8-9H2,(H,20,21)/t14-/m1/s1. The van der Waals surface area contributed by atoms with Crippen LogP contribution in [0, 0.1) is 0 Å². The molecule has 0 aliphatic heterocycles. The monoisotopic (exact) mass is 330 g/mol. The van der Waals surface area contributed by atoms with Crippen molar-refractivity contribution in [3.05, 3.63) is 64.9 Å². The molecule has 5 nitrogen and oxygen atoms in total. The molecule has 1 atom stereocenters. The van der Waals surface area contributed by atoms with Crippen LogP contribution in [0.25, 0.3) is 0 Å². The second kappa shape index (κ2) is 6.79. The molecule has 1 fully saturated rings. The Morgan fingerprint density at radius 1 is 1.17 bits per heavy atom. The summed E-state index contributed by atoms with van der Waals surface area (Å²) in [7, 11) is 0. The van der Waals surface area contributed by atoms with Gasteiger partial charge in [0.15, 0.2) is 0 Å². The van der Waals surface area contributed by atoms with Gasteiger partial charge in [-0.15, -0.1) is 0 Å². The molecule has 6 heteroatoms. The van der Waals surface area contributed by atoms with Gasteiger partial charge in [-0.25, -0.2) is 9.78 Å². The van der Waals surface area contributed by atoms with Crippen molar-refractivity contribution in [2.45, 2.75) is 25.0 Å². The molecule has 1 aliphatic carbocycles. The predicted molar refractivity (Wildman–Crippen MR) is 85.0 cm³/mol. The number of aromatic nitrogens is 1. The lowest BCUT2D eigenvalue weighted by Gasteiger charge is -2.18. The van der Waals surface area contributed by atoms with E-state index in [1.54, 1.807) is 30.3 Å². The van der Waals surface area contributed by atoms with Gasteiger partial charge in [0.2, 0.25) is 6.10 Å². The Kier molecular flexibility index (Phi) is 4.57. The number of amides is 1. The minimum atomic E-state index is -1.01. The molecular formula is C17H15ClN2O3. The highest BCUT2D eigenvalue weighted by atomic mass is 35.5. The van der Waals surface area contributed by atoms with Crippen LogP contribution in [-0.4, -0.2) is 22.9 Å². The summed E-state index contributed by atoms with van der Waals surface area (Å²) in [5.74, 6) is -1.00. The lowest BCUT2D eigenvalue weighted by Crippen LogP contribution is -2.33. The van der Waals surface area contributed by atoms with Crippen molar-refractivity contribution in [1.82, 2.24) is 10.3 Å². The highest BCUT2D eigenvalue weighted by Gasteiger charge is 2.31. The van der Waals surface area contributed by atoms with Gasteiger partial charge in [-0.1, -0.05) is 41.9 Å². The topological polar surface area (TPSA) is 68.3 Å². The van der Waals surface area contributed by atoms with Crippen molar-refractivity contribution in [3.63, 3.8) is 0 Å². The fraction of sp³-hybridized carbons (Fsp3) is 0.235. The fourth-order valence-electron chi connectivity index (χ4n) is 2.11. The molecule has 1 saturated carbocycles. The summed E-state index contributed by atoms with van der Waals surface area (Å²) >= 11 is 5.91. The molecule has 23 heavy (non-hydrogen) atoms. The van der Waals surface area contributed by atoms with E-state index in [2.05, 4.69) is 10.3 Å². The number of hydrogen-bond acceptors (Lipinski definition) is 4. The van der Waals surface area contributed by atoms with Crippen LogP contribution < -0.4 is 5.32 Å². The van der Waals surface area contributed by atoms with Gasteiger partial charge in [0.05, 0.1) is 5.56 Å². The molecule has 0 saturated heterocycles. The van der Waals surface area contributed by atoms with Gasteiger partial charge >= 0.3 is 5.97 Å². The quantitative estimate of drug-likeness (QED) is 0.676. The number of ether oxygens (including phenoxy) is 1. The van der Waals surface area contributed by atoms with E-state index >= 15 is 0 Å². The first-order valence-electron chi connectivity index (χ1n) is 7.32.